The van der Waals surface area contributed by atoms with Gasteiger partial charge in [0.2, 0.25) is 0 Å². The molecule has 0 heterocycles. The van der Waals surface area contributed by atoms with E-state index >= 15 is 0 Å². The van der Waals surface area contributed by atoms with E-state index < -0.39 is 17.0 Å². The molecule has 0 radical (unpaired) electrons. The monoisotopic (exact) mass is 290 g/mol. The number of benzene rings is 1. The Labute approximate surface area is 127 Å². The molecule has 1 aromatic carbocycles. The van der Waals surface area contributed by atoms with Crippen molar-refractivity contribution in [3.63, 3.8) is 0 Å². The number of carboxylic acids is 1. The van der Waals surface area contributed by atoms with E-state index in [-0.39, 0.29) is 5.56 Å². The first-order chi connectivity index (χ1) is 9.84. The highest BCUT2D eigenvalue weighted by atomic mass is 16.4. The number of carboxylic acid groups (broad SMARTS) is 1. The molecule has 0 aliphatic carbocycles. The van der Waals surface area contributed by atoms with Gasteiger partial charge in [0.05, 0.1) is 11.2 Å². The lowest BCUT2D eigenvalue weighted by Gasteiger charge is -2.43. The van der Waals surface area contributed by atoms with Gasteiger partial charge in [0.1, 0.15) is 0 Å². The maximum Gasteiger partial charge on any atom is 0.335 e. The maximum atomic E-state index is 11.1. The molecule has 1 rings (SSSR count). The van der Waals surface area contributed by atoms with Crippen LogP contribution in [-0.4, -0.2) is 16.2 Å². The number of hydrogen-bond donors (Lipinski definition) is 2. The van der Waals surface area contributed by atoms with Crippen LogP contribution in [0, 0.1) is 5.41 Å². The standard InChI is InChI=1S/C18H26O3/c1-5-8-13-18(6-2,7-3)17(4,21)15-11-9-14(10-12-15)16(19)20/h6,9-12,21H,2,5,7-8,13H2,1,3-4H3,(H,19,20)/t17-,18+/m1/s1. The van der Waals surface area contributed by atoms with Crippen LogP contribution in [0.1, 0.15) is 62.4 Å². The fourth-order valence-corrected chi connectivity index (χ4v) is 2.93. The summed E-state index contributed by atoms with van der Waals surface area (Å²) in [7, 11) is 0. The van der Waals surface area contributed by atoms with Crippen LogP contribution in [-0.2, 0) is 5.60 Å². The quantitative estimate of drug-likeness (QED) is 0.699. The van der Waals surface area contributed by atoms with Crippen molar-refractivity contribution in [1.82, 2.24) is 0 Å². The predicted molar refractivity (Wildman–Crippen MR) is 85.4 cm³/mol. The maximum absolute atomic E-state index is 11.1. The molecule has 2 atom stereocenters. The normalized spacial score (nSPS) is 16.8. The smallest absolute Gasteiger partial charge is 0.335 e. The summed E-state index contributed by atoms with van der Waals surface area (Å²) in [6.45, 7) is 9.91. The number of aromatic carboxylic acids is 1. The molecule has 2 N–H and O–H groups in total. The Morgan fingerprint density at radius 2 is 1.86 bits per heavy atom. The van der Waals surface area contributed by atoms with Gasteiger partial charge in [0, 0.05) is 5.41 Å². The van der Waals surface area contributed by atoms with Gasteiger partial charge in [-0.25, -0.2) is 4.79 Å². The van der Waals surface area contributed by atoms with Crippen LogP contribution < -0.4 is 0 Å². The van der Waals surface area contributed by atoms with Crippen molar-refractivity contribution in [3.05, 3.63) is 48.0 Å². The summed E-state index contributed by atoms with van der Waals surface area (Å²) >= 11 is 0. The zero-order valence-corrected chi connectivity index (χ0v) is 13.2. The molecule has 3 nitrogen and oxygen atoms in total. The van der Waals surface area contributed by atoms with Crippen LogP contribution in [0.4, 0.5) is 0 Å². The van der Waals surface area contributed by atoms with E-state index in [0.29, 0.717) is 0 Å². The van der Waals surface area contributed by atoms with Crippen LogP contribution in [0.5, 0.6) is 0 Å². The molecule has 116 valence electrons. The minimum atomic E-state index is -1.07. The molecule has 21 heavy (non-hydrogen) atoms. The number of hydrogen-bond acceptors (Lipinski definition) is 2. The van der Waals surface area contributed by atoms with Gasteiger partial charge in [-0.1, -0.05) is 44.9 Å². The van der Waals surface area contributed by atoms with E-state index in [1.165, 1.54) is 12.1 Å². The first-order valence-corrected chi connectivity index (χ1v) is 7.54. The van der Waals surface area contributed by atoms with Crippen molar-refractivity contribution in [3.8, 4) is 0 Å². The Kier molecular flexibility index (Phi) is 5.73. The lowest BCUT2D eigenvalue weighted by Crippen LogP contribution is -2.42. The Hall–Kier alpha value is -1.61. The molecule has 0 spiro atoms. The van der Waals surface area contributed by atoms with Crippen LogP contribution >= 0.6 is 0 Å². The first-order valence-electron chi connectivity index (χ1n) is 7.54. The average Bonchev–Trinajstić information content (AvgIpc) is 2.48. The summed E-state index contributed by atoms with van der Waals surface area (Å²) in [5, 5.41) is 20.1. The van der Waals surface area contributed by atoms with E-state index in [9.17, 15) is 9.90 Å². The van der Waals surface area contributed by atoms with Gasteiger partial charge >= 0.3 is 5.97 Å². The van der Waals surface area contributed by atoms with Gasteiger partial charge in [-0.15, -0.1) is 6.58 Å². The molecule has 0 saturated heterocycles. The lowest BCUT2D eigenvalue weighted by atomic mass is 9.65. The molecule has 0 fully saturated rings. The van der Waals surface area contributed by atoms with Gasteiger partial charge in [0.15, 0.2) is 0 Å². The third kappa shape index (κ3) is 3.35. The lowest BCUT2D eigenvalue weighted by molar-refractivity contribution is -0.0574. The topological polar surface area (TPSA) is 57.5 Å². The molecule has 1 aromatic rings. The van der Waals surface area contributed by atoms with Crippen LogP contribution in [0.15, 0.2) is 36.9 Å². The minimum absolute atomic E-state index is 0.226. The minimum Gasteiger partial charge on any atom is -0.478 e. The molecular formula is C18H26O3. The second-order valence-electron chi connectivity index (χ2n) is 5.77. The Balaban J connectivity index is 3.21. The van der Waals surface area contributed by atoms with E-state index in [4.69, 9.17) is 5.11 Å². The van der Waals surface area contributed by atoms with Gasteiger partial charge in [-0.3, -0.25) is 0 Å². The highest BCUT2D eigenvalue weighted by molar-refractivity contribution is 5.87. The summed E-state index contributed by atoms with van der Waals surface area (Å²) < 4.78 is 0. The molecule has 0 aliphatic heterocycles. The Morgan fingerprint density at radius 3 is 2.24 bits per heavy atom. The van der Waals surface area contributed by atoms with Gasteiger partial charge < -0.3 is 10.2 Å². The molecule has 3 heteroatoms. The molecule has 0 amide bonds. The fourth-order valence-electron chi connectivity index (χ4n) is 2.93. The Bertz CT molecular complexity index is 488. The first kappa shape index (κ1) is 17.4. The number of aliphatic hydroxyl groups is 1. The van der Waals surface area contributed by atoms with Crippen molar-refractivity contribution in [2.45, 2.75) is 52.1 Å². The average molecular weight is 290 g/mol. The SMILES string of the molecule is C=C[C@](CC)(CCCC)[C@](C)(O)c1ccc(C(=O)O)cc1. The zero-order chi connectivity index (χ0) is 16.1. The van der Waals surface area contributed by atoms with Crippen molar-refractivity contribution >= 4 is 5.97 Å². The van der Waals surface area contributed by atoms with E-state index in [2.05, 4.69) is 20.4 Å². The molecule has 0 aromatic heterocycles. The zero-order valence-electron chi connectivity index (χ0n) is 13.2. The molecule has 0 unspecified atom stereocenters. The van der Waals surface area contributed by atoms with Crippen LogP contribution in [0.2, 0.25) is 0 Å². The highest BCUT2D eigenvalue weighted by Crippen LogP contribution is 2.47. The second kappa shape index (κ2) is 6.90. The van der Waals surface area contributed by atoms with Crippen molar-refractivity contribution < 1.29 is 15.0 Å². The summed E-state index contributed by atoms with van der Waals surface area (Å²) in [5.41, 5.74) is -0.530. The summed E-state index contributed by atoms with van der Waals surface area (Å²) in [4.78, 5) is 10.9. The number of unbranched alkanes of at least 4 members (excludes halogenated alkanes) is 1. The molecule has 0 saturated carbocycles. The molecule has 0 aliphatic rings. The fraction of sp³-hybridized carbons (Fsp3) is 0.500. The van der Waals surface area contributed by atoms with E-state index in [1.807, 2.05) is 6.08 Å². The number of rotatable bonds is 8. The van der Waals surface area contributed by atoms with Gasteiger partial charge in [-0.2, -0.15) is 0 Å². The van der Waals surface area contributed by atoms with Crippen molar-refractivity contribution in [2.75, 3.05) is 0 Å². The van der Waals surface area contributed by atoms with Gasteiger partial charge in [0.25, 0.3) is 0 Å². The summed E-state index contributed by atoms with van der Waals surface area (Å²) in [6, 6.07) is 6.47. The summed E-state index contributed by atoms with van der Waals surface area (Å²) in [6.07, 6.45) is 5.57. The molecule has 0 bridgehead atoms. The van der Waals surface area contributed by atoms with E-state index in [1.54, 1.807) is 19.1 Å². The summed E-state index contributed by atoms with van der Waals surface area (Å²) in [5.74, 6) is -0.961. The van der Waals surface area contributed by atoms with Crippen LogP contribution in [0.25, 0.3) is 0 Å². The van der Waals surface area contributed by atoms with Gasteiger partial charge in [-0.05, 0) is 37.5 Å². The molecular weight excluding hydrogens is 264 g/mol. The number of carbonyl (C=O) groups is 1. The van der Waals surface area contributed by atoms with Crippen molar-refractivity contribution in [1.29, 1.82) is 0 Å². The second-order valence-corrected chi connectivity index (χ2v) is 5.77. The highest BCUT2D eigenvalue weighted by Gasteiger charge is 2.44. The Morgan fingerprint density at radius 1 is 1.29 bits per heavy atom. The van der Waals surface area contributed by atoms with Crippen LogP contribution in [0.3, 0.4) is 0 Å². The van der Waals surface area contributed by atoms with E-state index in [0.717, 1.165) is 31.2 Å². The third-order valence-electron chi connectivity index (χ3n) is 4.66. The van der Waals surface area contributed by atoms with Crippen molar-refractivity contribution in [2.24, 2.45) is 5.41 Å². The largest absolute Gasteiger partial charge is 0.478 e. The third-order valence-corrected chi connectivity index (χ3v) is 4.66. The predicted octanol–water partition coefficient (Wildman–Crippen LogP) is 4.36.